The monoisotopic (exact) mass is 407 g/mol. The highest BCUT2D eigenvalue weighted by atomic mass is 127. The van der Waals surface area contributed by atoms with E-state index in [1.54, 1.807) is 12.1 Å². The fourth-order valence-electron chi connectivity index (χ4n) is 2.91. The van der Waals surface area contributed by atoms with E-state index in [1.165, 1.54) is 0 Å². The second-order valence-corrected chi connectivity index (χ2v) is 7.29. The van der Waals surface area contributed by atoms with E-state index < -0.39 is 5.54 Å². The van der Waals surface area contributed by atoms with Crippen molar-refractivity contribution in [1.29, 1.82) is 0 Å². The van der Waals surface area contributed by atoms with E-state index in [9.17, 15) is 9.90 Å². The number of hydrogen-bond donors (Lipinski definition) is 2. The predicted octanol–water partition coefficient (Wildman–Crippen LogP) is 3.62. The molecule has 2 atom stereocenters. The normalized spacial score (nSPS) is 26.3. The van der Waals surface area contributed by atoms with Gasteiger partial charge in [-0.3, -0.25) is 4.79 Å². The molecule has 1 aromatic rings. The third-order valence-corrected chi connectivity index (χ3v) is 5.53. The van der Waals surface area contributed by atoms with Gasteiger partial charge in [-0.25, -0.2) is 0 Å². The fourth-order valence-corrected chi connectivity index (χ4v) is 3.42. The first-order valence-electron chi connectivity index (χ1n) is 6.84. The molecule has 0 heterocycles. The number of hydrogen-bond acceptors (Lipinski definition) is 2. The van der Waals surface area contributed by atoms with Crippen LogP contribution in [-0.2, 0) is 0 Å². The largest absolute Gasteiger partial charge is 0.394 e. The van der Waals surface area contributed by atoms with Gasteiger partial charge in [0, 0.05) is 9.13 Å². The molecule has 1 aliphatic rings. The molecule has 2 unspecified atom stereocenters. The lowest BCUT2D eigenvalue weighted by Crippen LogP contribution is -2.53. The molecule has 5 heteroatoms. The van der Waals surface area contributed by atoms with E-state index in [0.29, 0.717) is 16.5 Å². The van der Waals surface area contributed by atoms with Crippen molar-refractivity contribution in [2.24, 2.45) is 5.92 Å². The maximum Gasteiger partial charge on any atom is 0.251 e. The Bertz CT molecular complexity index is 509. The summed E-state index contributed by atoms with van der Waals surface area (Å²) in [6.45, 7) is 2.15. The van der Waals surface area contributed by atoms with Crippen LogP contribution in [0.2, 0.25) is 5.02 Å². The number of nitrogens with one attached hydrogen (secondary N) is 1. The van der Waals surface area contributed by atoms with Crippen LogP contribution in [-0.4, -0.2) is 23.2 Å². The number of aliphatic hydroxyl groups excluding tert-OH is 1. The number of benzene rings is 1. The lowest BCUT2D eigenvalue weighted by molar-refractivity contribution is 0.0697. The summed E-state index contributed by atoms with van der Waals surface area (Å²) in [7, 11) is 0. The van der Waals surface area contributed by atoms with Gasteiger partial charge in [0.25, 0.3) is 5.91 Å². The van der Waals surface area contributed by atoms with Gasteiger partial charge in [0.05, 0.1) is 17.2 Å². The van der Waals surface area contributed by atoms with E-state index in [2.05, 4.69) is 34.8 Å². The minimum atomic E-state index is -0.482. The van der Waals surface area contributed by atoms with Crippen molar-refractivity contribution >= 4 is 40.1 Å². The Morgan fingerprint density at radius 2 is 2.35 bits per heavy atom. The predicted molar refractivity (Wildman–Crippen MR) is 89.1 cm³/mol. The average molecular weight is 408 g/mol. The molecular weight excluding hydrogens is 389 g/mol. The molecule has 1 amide bonds. The van der Waals surface area contributed by atoms with Gasteiger partial charge in [-0.05, 0) is 59.5 Å². The lowest BCUT2D eigenvalue weighted by atomic mass is 9.76. The zero-order valence-electron chi connectivity index (χ0n) is 11.5. The summed E-state index contributed by atoms with van der Waals surface area (Å²) in [5.41, 5.74) is 0.0611. The minimum absolute atomic E-state index is 0.0127. The topological polar surface area (TPSA) is 49.3 Å². The van der Waals surface area contributed by atoms with Crippen LogP contribution in [0, 0.1) is 9.49 Å². The Morgan fingerprint density at radius 3 is 2.95 bits per heavy atom. The molecule has 1 aliphatic carbocycles. The third-order valence-electron chi connectivity index (χ3n) is 3.95. The van der Waals surface area contributed by atoms with Crippen molar-refractivity contribution in [2.75, 3.05) is 6.61 Å². The summed E-state index contributed by atoms with van der Waals surface area (Å²) in [4.78, 5) is 12.4. The SMILES string of the molecule is CC1CCCC(CO)(NC(=O)c2ccc(I)c(Cl)c2)C1. The van der Waals surface area contributed by atoms with E-state index in [-0.39, 0.29) is 12.5 Å². The highest BCUT2D eigenvalue weighted by molar-refractivity contribution is 14.1. The summed E-state index contributed by atoms with van der Waals surface area (Å²) >= 11 is 8.18. The molecule has 0 bridgehead atoms. The molecule has 20 heavy (non-hydrogen) atoms. The number of carbonyl (C=O) groups excluding carboxylic acids is 1. The molecular formula is C15H19ClINO2. The molecule has 0 aliphatic heterocycles. The van der Waals surface area contributed by atoms with Crippen molar-refractivity contribution in [3.05, 3.63) is 32.4 Å². The smallest absolute Gasteiger partial charge is 0.251 e. The summed E-state index contributed by atoms with van der Waals surface area (Å²) in [5, 5.41) is 13.3. The highest BCUT2D eigenvalue weighted by Crippen LogP contribution is 2.32. The summed E-state index contributed by atoms with van der Waals surface area (Å²) in [5.74, 6) is 0.364. The second kappa shape index (κ2) is 6.62. The van der Waals surface area contributed by atoms with Crippen molar-refractivity contribution < 1.29 is 9.90 Å². The average Bonchev–Trinajstić information content (AvgIpc) is 2.41. The van der Waals surface area contributed by atoms with Crippen LogP contribution < -0.4 is 5.32 Å². The molecule has 0 saturated heterocycles. The Labute approximate surface area is 138 Å². The minimum Gasteiger partial charge on any atom is -0.394 e. The standard InChI is InChI=1S/C15H19ClINO2/c1-10-3-2-6-15(8-10,9-19)18-14(20)11-4-5-13(17)12(16)7-11/h4-5,7,10,19H,2-3,6,8-9H2,1H3,(H,18,20). The molecule has 1 fully saturated rings. The number of rotatable bonds is 3. The van der Waals surface area contributed by atoms with Gasteiger partial charge < -0.3 is 10.4 Å². The quantitative estimate of drug-likeness (QED) is 0.752. The van der Waals surface area contributed by atoms with Crippen LogP contribution in [0.25, 0.3) is 0 Å². The Balaban J connectivity index is 2.14. The molecule has 1 saturated carbocycles. The molecule has 2 N–H and O–H groups in total. The van der Waals surface area contributed by atoms with Crippen molar-refractivity contribution in [3.63, 3.8) is 0 Å². The van der Waals surface area contributed by atoms with Gasteiger partial charge in [-0.1, -0.05) is 31.4 Å². The van der Waals surface area contributed by atoms with Gasteiger partial charge in [0.15, 0.2) is 0 Å². The molecule has 1 aromatic carbocycles. The number of amides is 1. The highest BCUT2D eigenvalue weighted by Gasteiger charge is 2.35. The Kier molecular flexibility index (Phi) is 5.31. The Morgan fingerprint density at radius 1 is 1.60 bits per heavy atom. The van der Waals surface area contributed by atoms with Crippen LogP contribution in [0.5, 0.6) is 0 Å². The van der Waals surface area contributed by atoms with Gasteiger partial charge in [0.1, 0.15) is 0 Å². The van der Waals surface area contributed by atoms with Crippen LogP contribution in [0.3, 0.4) is 0 Å². The molecule has 0 radical (unpaired) electrons. The van der Waals surface area contributed by atoms with Gasteiger partial charge in [-0.15, -0.1) is 0 Å². The van der Waals surface area contributed by atoms with Crippen molar-refractivity contribution in [3.8, 4) is 0 Å². The van der Waals surface area contributed by atoms with Gasteiger partial charge in [-0.2, -0.15) is 0 Å². The van der Waals surface area contributed by atoms with Crippen molar-refractivity contribution in [2.45, 2.75) is 38.1 Å². The van der Waals surface area contributed by atoms with Crippen molar-refractivity contribution in [1.82, 2.24) is 5.32 Å². The van der Waals surface area contributed by atoms with Crippen LogP contribution in [0.1, 0.15) is 43.0 Å². The van der Waals surface area contributed by atoms with E-state index in [1.807, 2.05) is 6.07 Å². The molecule has 110 valence electrons. The van der Waals surface area contributed by atoms with E-state index in [4.69, 9.17) is 11.6 Å². The first-order chi connectivity index (χ1) is 9.46. The van der Waals surface area contributed by atoms with Gasteiger partial charge >= 0.3 is 0 Å². The van der Waals surface area contributed by atoms with E-state index in [0.717, 1.165) is 29.3 Å². The number of halogens is 2. The number of aliphatic hydroxyl groups is 1. The summed E-state index contributed by atoms with van der Waals surface area (Å²) in [6, 6.07) is 5.27. The maximum absolute atomic E-state index is 12.4. The first-order valence-corrected chi connectivity index (χ1v) is 8.30. The van der Waals surface area contributed by atoms with E-state index >= 15 is 0 Å². The third kappa shape index (κ3) is 3.65. The van der Waals surface area contributed by atoms with Crippen LogP contribution in [0.15, 0.2) is 18.2 Å². The summed E-state index contributed by atoms with van der Waals surface area (Å²) < 4.78 is 0.920. The van der Waals surface area contributed by atoms with Crippen LogP contribution in [0.4, 0.5) is 0 Å². The molecule has 2 rings (SSSR count). The lowest BCUT2D eigenvalue weighted by Gasteiger charge is -2.39. The Hall–Kier alpha value is -0.330. The van der Waals surface area contributed by atoms with Crippen LogP contribution >= 0.6 is 34.2 Å². The zero-order chi connectivity index (χ0) is 14.8. The molecule has 3 nitrogen and oxygen atoms in total. The fraction of sp³-hybridized carbons (Fsp3) is 0.533. The molecule has 0 aromatic heterocycles. The maximum atomic E-state index is 12.4. The number of carbonyl (C=O) groups is 1. The molecule has 0 spiro atoms. The first kappa shape index (κ1) is 16.0. The van der Waals surface area contributed by atoms with Gasteiger partial charge in [0.2, 0.25) is 0 Å². The summed E-state index contributed by atoms with van der Waals surface area (Å²) in [6.07, 6.45) is 3.85. The second-order valence-electron chi connectivity index (χ2n) is 5.72. The zero-order valence-corrected chi connectivity index (χ0v) is 14.4.